The lowest BCUT2D eigenvalue weighted by Crippen LogP contribution is -2.39. The van der Waals surface area contributed by atoms with E-state index < -0.39 is 22.5 Å². The summed E-state index contributed by atoms with van der Waals surface area (Å²) in [6.45, 7) is -0.765. The smallest absolute Gasteiger partial charge is 0.262 e. The van der Waals surface area contributed by atoms with Crippen LogP contribution in [0.1, 0.15) is 11.1 Å². The Labute approximate surface area is 266 Å². The molecule has 0 fully saturated rings. The second-order valence-electron chi connectivity index (χ2n) is 9.45. The van der Waals surface area contributed by atoms with Crippen molar-refractivity contribution in [3.05, 3.63) is 113 Å². The predicted molar refractivity (Wildman–Crippen MR) is 171 cm³/mol. The Kier molecular flexibility index (Phi) is 11.5. The normalized spacial score (nSPS) is 11.3. The van der Waals surface area contributed by atoms with Gasteiger partial charge >= 0.3 is 0 Å². The van der Waals surface area contributed by atoms with Crippen LogP contribution in [0.3, 0.4) is 0 Å². The molecule has 2 amide bonds. The third-order valence-corrected chi connectivity index (χ3v) is 8.43. The van der Waals surface area contributed by atoms with Crippen LogP contribution in [0.5, 0.6) is 17.2 Å². The summed E-state index contributed by atoms with van der Waals surface area (Å²) in [6, 6.07) is 26.7. The van der Waals surface area contributed by atoms with E-state index in [0.717, 1.165) is 4.31 Å². The highest BCUT2D eigenvalue weighted by Crippen LogP contribution is 2.31. The zero-order chi connectivity index (χ0) is 32.2. The lowest BCUT2D eigenvalue weighted by Gasteiger charge is -2.22. The molecule has 0 saturated heterocycles. The maximum Gasteiger partial charge on any atom is 0.262 e. The Morgan fingerprint density at radius 3 is 2.24 bits per heavy atom. The van der Waals surface area contributed by atoms with E-state index in [1.165, 1.54) is 38.6 Å². The van der Waals surface area contributed by atoms with Gasteiger partial charge in [-0.1, -0.05) is 54.1 Å². The summed E-state index contributed by atoms with van der Waals surface area (Å²) in [7, 11) is -1.27. The molecule has 4 aromatic rings. The summed E-state index contributed by atoms with van der Waals surface area (Å²) in [6.07, 6.45) is 1.40. The number of ether oxygens (including phenoxy) is 3. The number of halogens is 1. The topological polar surface area (TPSA) is 136 Å². The average Bonchev–Trinajstić information content (AvgIpc) is 3.05. The Bertz CT molecular complexity index is 1750. The van der Waals surface area contributed by atoms with E-state index >= 15 is 0 Å². The van der Waals surface area contributed by atoms with Gasteiger partial charge in [0.05, 0.1) is 42.6 Å². The molecule has 2 N–H and O–H groups in total. The van der Waals surface area contributed by atoms with Gasteiger partial charge in [0.1, 0.15) is 5.75 Å². The van der Waals surface area contributed by atoms with Crippen molar-refractivity contribution in [1.82, 2.24) is 9.73 Å². The van der Waals surface area contributed by atoms with E-state index in [4.69, 9.17) is 25.8 Å². The number of carbonyl (C=O) groups excluding carboxylic acids is 2. The molecule has 0 heterocycles. The van der Waals surface area contributed by atoms with Crippen LogP contribution in [-0.2, 0) is 26.2 Å². The summed E-state index contributed by atoms with van der Waals surface area (Å²) in [4.78, 5) is 25.0. The molecule has 45 heavy (non-hydrogen) atoms. The highest BCUT2D eigenvalue weighted by atomic mass is 35.5. The molecule has 0 aliphatic rings. The number of carbonyl (C=O) groups is 2. The Morgan fingerprint density at radius 1 is 0.867 bits per heavy atom. The summed E-state index contributed by atoms with van der Waals surface area (Å²) >= 11 is 6.06. The van der Waals surface area contributed by atoms with Crippen molar-refractivity contribution in [3.63, 3.8) is 0 Å². The van der Waals surface area contributed by atoms with Crippen LogP contribution < -0.4 is 25.0 Å². The molecule has 4 rings (SSSR count). The van der Waals surface area contributed by atoms with Crippen molar-refractivity contribution in [2.24, 2.45) is 5.10 Å². The number of methoxy groups -OCH3 is 2. The molecule has 11 nitrogen and oxygen atoms in total. The number of anilines is 1. The van der Waals surface area contributed by atoms with Crippen molar-refractivity contribution in [3.8, 4) is 17.2 Å². The zero-order valence-corrected chi connectivity index (χ0v) is 26.0. The van der Waals surface area contributed by atoms with E-state index in [9.17, 15) is 18.0 Å². The van der Waals surface area contributed by atoms with Crippen molar-refractivity contribution in [2.75, 3.05) is 32.7 Å². The third kappa shape index (κ3) is 9.29. The van der Waals surface area contributed by atoms with Gasteiger partial charge < -0.3 is 19.5 Å². The van der Waals surface area contributed by atoms with Crippen LogP contribution in [0.25, 0.3) is 0 Å². The van der Waals surface area contributed by atoms with E-state index in [-0.39, 0.29) is 29.7 Å². The summed E-state index contributed by atoms with van der Waals surface area (Å²) in [5, 5.41) is 7.06. The minimum atomic E-state index is -4.13. The molecule has 0 atom stereocenters. The molecule has 13 heteroatoms. The molecule has 0 aliphatic heterocycles. The second kappa shape index (κ2) is 15.7. The molecular weight excluding hydrogens is 620 g/mol. The molecule has 0 radical (unpaired) electrons. The summed E-state index contributed by atoms with van der Waals surface area (Å²) in [5.41, 5.74) is 4.19. The lowest BCUT2D eigenvalue weighted by molar-refractivity contribution is -0.121. The SMILES string of the molecule is COc1ccc(S(=O)(=O)N(CC(=O)N/N=C\c2ccc(OCC(=O)Nc3ccccc3Cl)cc2)Cc2ccccc2)cc1OC. The number of sulfonamides is 1. The number of para-hydroxylation sites is 1. The number of benzene rings is 4. The van der Waals surface area contributed by atoms with Gasteiger partial charge in [-0.25, -0.2) is 13.8 Å². The van der Waals surface area contributed by atoms with E-state index in [0.29, 0.717) is 33.3 Å². The van der Waals surface area contributed by atoms with Crippen LogP contribution in [0.15, 0.2) is 107 Å². The van der Waals surface area contributed by atoms with Crippen molar-refractivity contribution in [2.45, 2.75) is 11.4 Å². The molecule has 0 aromatic heterocycles. The first-order chi connectivity index (χ1) is 21.7. The fourth-order valence-corrected chi connectivity index (χ4v) is 5.64. The molecule has 4 aromatic carbocycles. The van der Waals surface area contributed by atoms with Crippen LogP contribution in [0, 0.1) is 0 Å². The first-order valence-electron chi connectivity index (χ1n) is 13.5. The highest BCUT2D eigenvalue weighted by molar-refractivity contribution is 7.89. The molecule has 0 bridgehead atoms. The van der Waals surface area contributed by atoms with E-state index in [1.54, 1.807) is 72.8 Å². The van der Waals surface area contributed by atoms with Gasteiger partial charge in [0.15, 0.2) is 18.1 Å². The fraction of sp³-hybridized carbons (Fsp3) is 0.156. The number of nitrogens with zero attached hydrogens (tertiary/aromatic N) is 2. The number of amides is 2. The first-order valence-corrected chi connectivity index (χ1v) is 15.4. The highest BCUT2D eigenvalue weighted by Gasteiger charge is 2.28. The summed E-state index contributed by atoms with van der Waals surface area (Å²) < 4.78 is 44.3. The quantitative estimate of drug-likeness (QED) is 0.149. The predicted octanol–water partition coefficient (Wildman–Crippen LogP) is 4.72. The Balaban J connectivity index is 1.37. The second-order valence-corrected chi connectivity index (χ2v) is 11.8. The van der Waals surface area contributed by atoms with Crippen molar-refractivity contribution >= 4 is 45.3 Å². The standard InChI is InChI=1S/C32H31ClN4O7S/c1-42-29-17-16-26(18-30(29)43-2)45(40,41)37(20-24-8-4-3-5-9-24)21-31(38)36-34-19-23-12-14-25(15-13-23)44-22-32(39)35-28-11-7-6-10-27(28)33/h3-19H,20-22H2,1-2H3,(H,35,39)(H,36,38)/b34-19-. The Morgan fingerprint density at radius 2 is 1.56 bits per heavy atom. The maximum atomic E-state index is 13.6. The summed E-state index contributed by atoms with van der Waals surface area (Å²) in [5.74, 6) is 0.0461. The number of hydrazone groups is 1. The monoisotopic (exact) mass is 650 g/mol. The van der Waals surface area contributed by atoms with Gasteiger partial charge in [-0.2, -0.15) is 9.41 Å². The van der Waals surface area contributed by atoms with Gasteiger partial charge in [-0.05, 0) is 59.7 Å². The van der Waals surface area contributed by atoms with E-state index in [2.05, 4.69) is 15.8 Å². The van der Waals surface area contributed by atoms with Crippen molar-refractivity contribution < 1.29 is 32.2 Å². The molecule has 0 saturated carbocycles. The molecule has 0 aliphatic carbocycles. The average molecular weight is 651 g/mol. The first kappa shape index (κ1) is 33.0. The Hall–Kier alpha value is -4.91. The number of hydrogen-bond acceptors (Lipinski definition) is 8. The van der Waals surface area contributed by atoms with Crippen LogP contribution in [0.2, 0.25) is 5.02 Å². The van der Waals surface area contributed by atoms with Gasteiger partial charge in [0.25, 0.3) is 11.8 Å². The van der Waals surface area contributed by atoms with Crippen molar-refractivity contribution in [1.29, 1.82) is 0 Å². The van der Waals surface area contributed by atoms with Crippen LogP contribution >= 0.6 is 11.6 Å². The molecular formula is C32H31ClN4O7S. The van der Waals surface area contributed by atoms with Gasteiger partial charge in [-0.3, -0.25) is 9.59 Å². The maximum absolute atomic E-state index is 13.6. The minimum Gasteiger partial charge on any atom is -0.493 e. The fourth-order valence-electron chi connectivity index (χ4n) is 4.06. The minimum absolute atomic E-state index is 0.0491. The van der Waals surface area contributed by atoms with Gasteiger partial charge in [-0.15, -0.1) is 0 Å². The molecule has 234 valence electrons. The zero-order valence-electron chi connectivity index (χ0n) is 24.5. The van der Waals surface area contributed by atoms with Crippen LogP contribution in [0.4, 0.5) is 5.69 Å². The molecule has 0 unspecified atom stereocenters. The number of hydrogen-bond donors (Lipinski definition) is 2. The van der Waals surface area contributed by atoms with E-state index in [1.807, 2.05) is 6.07 Å². The third-order valence-electron chi connectivity index (χ3n) is 6.32. The number of rotatable bonds is 14. The van der Waals surface area contributed by atoms with Crippen LogP contribution in [-0.4, -0.2) is 58.1 Å². The van der Waals surface area contributed by atoms with Gasteiger partial charge in [0, 0.05) is 12.6 Å². The number of nitrogens with one attached hydrogen (secondary N) is 2. The largest absolute Gasteiger partial charge is 0.493 e. The lowest BCUT2D eigenvalue weighted by atomic mass is 10.2. The molecule has 0 spiro atoms. The van der Waals surface area contributed by atoms with Gasteiger partial charge in [0.2, 0.25) is 10.0 Å².